The topological polar surface area (TPSA) is 64.4 Å². The monoisotopic (exact) mass is 178 g/mol. The molecule has 68 valence electrons. The smallest absolute Gasteiger partial charge is 0.248 e. The Kier molecular flexibility index (Phi) is 1.81. The molecule has 0 aliphatic carbocycles. The zero-order valence-corrected chi connectivity index (χ0v) is 7.04. The number of fused-ring (bicyclic) bond motifs is 1. The number of anilines is 1. The summed E-state index contributed by atoms with van der Waals surface area (Å²) in [7, 11) is 0. The van der Waals surface area contributed by atoms with Gasteiger partial charge >= 0.3 is 0 Å². The van der Waals surface area contributed by atoms with E-state index in [9.17, 15) is 4.79 Å². The van der Waals surface area contributed by atoms with E-state index in [2.05, 4.69) is 5.32 Å². The molecule has 0 unspecified atom stereocenters. The van der Waals surface area contributed by atoms with Crippen molar-refractivity contribution in [1.29, 1.82) is 0 Å². The molecular formula is C9H10N2O2. The van der Waals surface area contributed by atoms with Crippen LogP contribution in [-0.4, -0.2) is 19.1 Å². The van der Waals surface area contributed by atoms with Crippen LogP contribution in [0.3, 0.4) is 0 Å². The van der Waals surface area contributed by atoms with E-state index in [1.807, 2.05) is 0 Å². The van der Waals surface area contributed by atoms with Crippen LogP contribution in [0, 0.1) is 0 Å². The second-order valence-electron chi connectivity index (χ2n) is 2.85. The maximum atomic E-state index is 10.8. The molecule has 1 aliphatic rings. The van der Waals surface area contributed by atoms with E-state index in [1.54, 1.807) is 18.2 Å². The van der Waals surface area contributed by atoms with Gasteiger partial charge in [0.05, 0.1) is 5.69 Å². The molecular weight excluding hydrogens is 168 g/mol. The first-order valence-electron chi connectivity index (χ1n) is 4.08. The van der Waals surface area contributed by atoms with Crippen LogP contribution in [0.25, 0.3) is 0 Å². The van der Waals surface area contributed by atoms with Gasteiger partial charge in [0.2, 0.25) is 5.91 Å². The summed E-state index contributed by atoms with van der Waals surface area (Å²) in [4.78, 5) is 10.8. The number of primary amides is 1. The Morgan fingerprint density at radius 2 is 2.38 bits per heavy atom. The number of amides is 1. The van der Waals surface area contributed by atoms with Crippen LogP contribution in [0.15, 0.2) is 18.2 Å². The van der Waals surface area contributed by atoms with Crippen molar-refractivity contribution < 1.29 is 9.53 Å². The van der Waals surface area contributed by atoms with Gasteiger partial charge in [-0.2, -0.15) is 0 Å². The van der Waals surface area contributed by atoms with E-state index < -0.39 is 5.91 Å². The van der Waals surface area contributed by atoms with Gasteiger partial charge in [-0.3, -0.25) is 4.79 Å². The summed E-state index contributed by atoms with van der Waals surface area (Å²) < 4.78 is 5.34. The molecule has 1 aliphatic heterocycles. The average molecular weight is 178 g/mol. The minimum Gasteiger partial charge on any atom is -0.490 e. The summed E-state index contributed by atoms with van der Waals surface area (Å²) in [5.74, 6) is 0.263. The summed E-state index contributed by atoms with van der Waals surface area (Å²) in [5.41, 5.74) is 6.52. The number of nitrogens with two attached hydrogens (primary N) is 1. The molecule has 4 nitrogen and oxygen atoms in total. The first-order valence-corrected chi connectivity index (χ1v) is 4.08. The quantitative estimate of drug-likeness (QED) is 0.661. The lowest BCUT2D eigenvalue weighted by molar-refractivity contribution is 0.1000. The van der Waals surface area contributed by atoms with Crippen molar-refractivity contribution in [3.63, 3.8) is 0 Å². The molecule has 1 aromatic carbocycles. The number of carbonyl (C=O) groups excluding carboxylic acids is 1. The van der Waals surface area contributed by atoms with Crippen molar-refractivity contribution >= 4 is 11.6 Å². The summed E-state index contributed by atoms with van der Waals surface area (Å²) in [5, 5.41) is 3.15. The standard InChI is InChI=1S/C9H10N2O2/c10-9(12)6-1-2-7-8(5-6)13-4-3-11-7/h1-2,5,11H,3-4H2,(H2,10,12). The second kappa shape index (κ2) is 2.97. The Morgan fingerprint density at radius 3 is 3.15 bits per heavy atom. The Labute approximate surface area is 75.7 Å². The van der Waals surface area contributed by atoms with Gasteiger partial charge in [0, 0.05) is 12.1 Å². The van der Waals surface area contributed by atoms with Crippen molar-refractivity contribution in [2.45, 2.75) is 0 Å². The predicted molar refractivity (Wildman–Crippen MR) is 48.9 cm³/mol. The van der Waals surface area contributed by atoms with Crippen LogP contribution < -0.4 is 15.8 Å². The van der Waals surface area contributed by atoms with Crippen molar-refractivity contribution in [3.05, 3.63) is 23.8 Å². The van der Waals surface area contributed by atoms with Crippen LogP contribution in [0.2, 0.25) is 0 Å². The fraction of sp³-hybridized carbons (Fsp3) is 0.222. The predicted octanol–water partition coefficient (Wildman–Crippen LogP) is 0.590. The molecule has 0 saturated heterocycles. The van der Waals surface area contributed by atoms with Crippen LogP contribution in [0.1, 0.15) is 10.4 Å². The largest absolute Gasteiger partial charge is 0.490 e. The fourth-order valence-corrected chi connectivity index (χ4v) is 1.29. The summed E-state index contributed by atoms with van der Waals surface area (Å²) in [6.45, 7) is 1.41. The van der Waals surface area contributed by atoms with Crippen molar-refractivity contribution in [2.75, 3.05) is 18.5 Å². The third kappa shape index (κ3) is 1.42. The Bertz CT molecular complexity index is 349. The molecule has 0 aromatic heterocycles. The van der Waals surface area contributed by atoms with Gasteiger partial charge in [0.15, 0.2) is 0 Å². The van der Waals surface area contributed by atoms with E-state index in [1.165, 1.54) is 0 Å². The second-order valence-corrected chi connectivity index (χ2v) is 2.85. The van der Waals surface area contributed by atoms with E-state index in [0.29, 0.717) is 17.9 Å². The highest BCUT2D eigenvalue weighted by atomic mass is 16.5. The Morgan fingerprint density at radius 1 is 1.54 bits per heavy atom. The normalized spacial score (nSPS) is 13.8. The first kappa shape index (κ1) is 7.91. The molecule has 0 fully saturated rings. The maximum absolute atomic E-state index is 10.8. The van der Waals surface area contributed by atoms with Gasteiger partial charge in [-0.25, -0.2) is 0 Å². The molecule has 3 N–H and O–H groups in total. The number of hydrogen-bond acceptors (Lipinski definition) is 3. The van der Waals surface area contributed by atoms with Crippen LogP contribution in [0.4, 0.5) is 5.69 Å². The number of benzene rings is 1. The highest BCUT2D eigenvalue weighted by Crippen LogP contribution is 2.27. The van der Waals surface area contributed by atoms with Crippen molar-refractivity contribution in [1.82, 2.24) is 0 Å². The van der Waals surface area contributed by atoms with Crippen molar-refractivity contribution in [3.8, 4) is 5.75 Å². The number of nitrogens with one attached hydrogen (secondary N) is 1. The van der Waals surface area contributed by atoms with E-state index in [0.717, 1.165) is 12.2 Å². The minimum atomic E-state index is -0.433. The lowest BCUT2D eigenvalue weighted by Crippen LogP contribution is -2.19. The molecule has 13 heavy (non-hydrogen) atoms. The van der Waals surface area contributed by atoms with Gasteiger partial charge in [0.25, 0.3) is 0 Å². The van der Waals surface area contributed by atoms with Gasteiger partial charge in [0.1, 0.15) is 12.4 Å². The van der Waals surface area contributed by atoms with E-state index in [-0.39, 0.29) is 0 Å². The minimum absolute atomic E-state index is 0.433. The number of hydrogen-bond donors (Lipinski definition) is 2. The van der Waals surface area contributed by atoms with E-state index >= 15 is 0 Å². The van der Waals surface area contributed by atoms with Crippen molar-refractivity contribution in [2.24, 2.45) is 5.73 Å². The molecule has 0 spiro atoms. The SMILES string of the molecule is NC(=O)c1ccc2c(c1)OCCN2. The molecule has 1 amide bonds. The molecule has 0 saturated carbocycles. The lowest BCUT2D eigenvalue weighted by atomic mass is 10.1. The number of rotatable bonds is 1. The lowest BCUT2D eigenvalue weighted by Gasteiger charge is -2.19. The van der Waals surface area contributed by atoms with Crippen LogP contribution in [0.5, 0.6) is 5.75 Å². The fourth-order valence-electron chi connectivity index (χ4n) is 1.29. The average Bonchev–Trinajstić information content (AvgIpc) is 2.17. The Hall–Kier alpha value is -1.71. The number of ether oxygens (including phenoxy) is 1. The summed E-state index contributed by atoms with van der Waals surface area (Å²) in [6, 6.07) is 5.14. The zero-order chi connectivity index (χ0) is 9.26. The van der Waals surface area contributed by atoms with Gasteiger partial charge in [-0.15, -0.1) is 0 Å². The highest BCUT2D eigenvalue weighted by molar-refractivity contribution is 5.94. The zero-order valence-electron chi connectivity index (χ0n) is 7.04. The van der Waals surface area contributed by atoms with Gasteiger partial charge < -0.3 is 15.8 Å². The summed E-state index contributed by atoms with van der Waals surface area (Å²) in [6.07, 6.45) is 0. The van der Waals surface area contributed by atoms with Gasteiger partial charge in [-0.05, 0) is 18.2 Å². The molecule has 0 radical (unpaired) electrons. The highest BCUT2D eigenvalue weighted by Gasteiger charge is 2.11. The molecule has 1 aromatic rings. The van der Waals surface area contributed by atoms with Crippen LogP contribution in [-0.2, 0) is 0 Å². The molecule has 0 bridgehead atoms. The third-order valence-electron chi connectivity index (χ3n) is 1.94. The summed E-state index contributed by atoms with van der Waals surface area (Å²) >= 11 is 0. The Balaban J connectivity index is 2.40. The molecule has 4 heteroatoms. The molecule has 2 rings (SSSR count). The third-order valence-corrected chi connectivity index (χ3v) is 1.94. The van der Waals surface area contributed by atoms with Gasteiger partial charge in [-0.1, -0.05) is 0 Å². The maximum Gasteiger partial charge on any atom is 0.248 e. The molecule has 0 atom stereocenters. The van der Waals surface area contributed by atoms with E-state index in [4.69, 9.17) is 10.5 Å². The van der Waals surface area contributed by atoms with Crippen LogP contribution >= 0.6 is 0 Å². The first-order chi connectivity index (χ1) is 6.27. The number of carbonyl (C=O) groups is 1. The molecule has 1 heterocycles.